The monoisotopic (exact) mass is 141 g/mol. The first-order chi connectivity index (χ1) is 4.76. The lowest BCUT2D eigenvalue weighted by Crippen LogP contribution is -2.55. The average Bonchev–Trinajstić information content (AvgIpc) is 2.30. The second-order valence-corrected chi connectivity index (χ2v) is 3.18. The average molecular weight is 141 g/mol. The normalized spacial score (nSPS) is 40.7. The van der Waals surface area contributed by atoms with Gasteiger partial charge >= 0.3 is 0 Å². The van der Waals surface area contributed by atoms with Crippen LogP contribution in [0.5, 0.6) is 0 Å². The lowest BCUT2D eigenvalue weighted by molar-refractivity contribution is -0.184. The van der Waals surface area contributed by atoms with Crippen molar-refractivity contribution in [3.8, 4) is 0 Å². The van der Waals surface area contributed by atoms with Crippen molar-refractivity contribution >= 4 is 5.78 Å². The molecule has 1 aliphatic heterocycles. The molecule has 1 unspecified atom stereocenters. The Bertz CT molecular complexity index is 180. The molecule has 1 heterocycles. The lowest BCUT2D eigenvalue weighted by Gasteiger charge is -2.40. The number of hydrogen-bond donors (Lipinski definition) is 1. The Morgan fingerprint density at radius 3 is 2.50 bits per heavy atom. The highest BCUT2D eigenvalue weighted by Gasteiger charge is 2.52. The first-order valence-corrected chi connectivity index (χ1v) is 3.75. The molecule has 0 radical (unpaired) electrons. The molecular weight excluding hydrogens is 130 g/mol. The van der Waals surface area contributed by atoms with Crippen molar-refractivity contribution in [1.29, 1.82) is 0 Å². The van der Waals surface area contributed by atoms with Crippen LogP contribution in [0.1, 0.15) is 25.7 Å². The molecule has 0 aromatic rings. The standard InChI is InChI=1S/C7H11NO2/c9-6-2-4-7(6)3-1-5-8(7)10/h10H,1-5H2. The fourth-order valence-electron chi connectivity index (χ4n) is 1.92. The molecule has 0 aromatic carbocycles. The van der Waals surface area contributed by atoms with Crippen molar-refractivity contribution in [2.75, 3.05) is 6.54 Å². The number of carbonyl (C=O) groups excluding carboxylic acids is 1. The Kier molecular flexibility index (Phi) is 1.13. The Hall–Kier alpha value is -0.410. The molecule has 1 spiro atoms. The van der Waals surface area contributed by atoms with Crippen molar-refractivity contribution < 1.29 is 10.0 Å². The Morgan fingerprint density at radius 2 is 2.30 bits per heavy atom. The van der Waals surface area contributed by atoms with Gasteiger partial charge in [0.05, 0.1) is 0 Å². The largest absolute Gasteiger partial charge is 0.313 e. The molecule has 0 bridgehead atoms. The summed E-state index contributed by atoms with van der Waals surface area (Å²) in [6.45, 7) is 0.672. The Balaban J connectivity index is 2.21. The van der Waals surface area contributed by atoms with Gasteiger partial charge in [0.1, 0.15) is 5.54 Å². The molecule has 10 heavy (non-hydrogen) atoms. The van der Waals surface area contributed by atoms with Gasteiger partial charge in [0.15, 0.2) is 5.78 Å². The summed E-state index contributed by atoms with van der Waals surface area (Å²) in [5.41, 5.74) is -0.417. The number of hydrogen-bond acceptors (Lipinski definition) is 3. The van der Waals surface area contributed by atoms with Gasteiger partial charge in [0, 0.05) is 13.0 Å². The predicted octanol–water partition coefficient (Wildman–Crippen LogP) is 0.573. The minimum Gasteiger partial charge on any atom is -0.313 e. The molecule has 2 fully saturated rings. The van der Waals surface area contributed by atoms with Crippen LogP contribution in [-0.4, -0.2) is 28.1 Å². The third kappa shape index (κ3) is 0.545. The maximum Gasteiger partial charge on any atom is 0.155 e. The fraction of sp³-hybridized carbons (Fsp3) is 0.857. The maximum atomic E-state index is 11.1. The lowest BCUT2D eigenvalue weighted by atomic mass is 9.74. The molecule has 0 aromatic heterocycles. The SMILES string of the molecule is O=C1CCC12CCCN2O. The molecular formula is C7H11NO2. The number of rotatable bonds is 0. The van der Waals surface area contributed by atoms with Crippen molar-refractivity contribution in [3.05, 3.63) is 0 Å². The Morgan fingerprint density at radius 1 is 1.50 bits per heavy atom. The topological polar surface area (TPSA) is 40.5 Å². The van der Waals surface area contributed by atoms with E-state index in [0.717, 1.165) is 19.3 Å². The highest BCUT2D eigenvalue weighted by atomic mass is 16.5. The van der Waals surface area contributed by atoms with E-state index < -0.39 is 5.54 Å². The summed E-state index contributed by atoms with van der Waals surface area (Å²) in [4.78, 5) is 11.1. The number of Topliss-reactive ketones (excluding diaryl/α,β-unsaturated/α-hetero) is 1. The van der Waals surface area contributed by atoms with E-state index in [0.29, 0.717) is 13.0 Å². The zero-order valence-corrected chi connectivity index (χ0v) is 5.84. The predicted molar refractivity (Wildman–Crippen MR) is 34.7 cm³/mol. The number of ketones is 1. The van der Waals surface area contributed by atoms with Gasteiger partial charge in [-0.1, -0.05) is 0 Å². The van der Waals surface area contributed by atoms with E-state index in [1.807, 2.05) is 0 Å². The summed E-state index contributed by atoms with van der Waals surface area (Å²) in [5, 5.41) is 10.5. The second kappa shape index (κ2) is 1.80. The summed E-state index contributed by atoms with van der Waals surface area (Å²) < 4.78 is 0. The Labute approximate surface area is 59.6 Å². The first kappa shape index (κ1) is 6.31. The van der Waals surface area contributed by atoms with Crippen LogP contribution >= 0.6 is 0 Å². The van der Waals surface area contributed by atoms with Gasteiger partial charge in [-0.2, -0.15) is 5.06 Å². The van der Waals surface area contributed by atoms with Gasteiger partial charge in [0.2, 0.25) is 0 Å². The van der Waals surface area contributed by atoms with E-state index in [1.165, 1.54) is 5.06 Å². The molecule has 1 aliphatic carbocycles. The quantitative estimate of drug-likeness (QED) is 0.536. The highest BCUT2D eigenvalue weighted by molar-refractivity contribution is 5.94. The van der Waals surface area contributed by atoms with Gasteiger partial charge < -0.3 is 5.21 Å². The van der Waals surface area contributed by atoms with Crippen LogP contribution in [0.2, 0.25) is 0 Å². The van der Waals surface area contributed by atoms with E-state index in [9.17, 15) is 10.0 Å². The molecule has 2 aliphatic rings. The zero-order valence-electron chi connectivity index (χ0n) is 5.84. The zero-order chi connectivity index (χ0) is 7.19. The van der Waals surface area contributed by atoms with E-state index in [1.54, 1.807) is 0 Å². The smallest absolute Gasteiger partial charge is 0.155 e. The van der Waals surface area contributed by atoms with Crippen LogP contribution in [0.4, 0.5) is 0 Å². The minimum atomic E-state index is -0.417. The van der Waals surface area contributed by atoms with Crippen LogP contribution in [0.15, 0.2) is 0 Å². The molecule has 1 saturated carbocycles. The molecule has 3 nitrogen and oxygen atoms in total. The van der Waals surface area contributed by atoms with Crippen LogP contribution in [0.3, 0.4) is 0 Å². The summed E-state index contributed by atoms with van der Waals surface area (Å²) >= 11 is 0. The van der Waals surface area contributed by atoms with Crippen molar-refractivity contribution in [2.45, 2.75) is 31.2 Å². The summed E-state index contributed by atoms with van der Waals surface area (Å²) in [6, 6.07) is 0. The number of nitrogens with zero attached hydrogens (tertiary/aromatic N) is 1. The molecule has 1 atom stereocenters. The molecule has 3 heteroatoms. The maximum absolute atomic E-state index is 11.1. The third-order valence-electron chi connectivity index (χ3n) is 2.74. The van der Waals surface area contributed by atoms with Gasteiger partial charge in [0.25, 0.3) is 0 Å². The fourth-order valence-corrected chi connectivity index (χ4v) is 1.92. The molecule has 56 valence electrons. The minimum absolute atomic E-state index is 0.229. The molecule has 0 amide bonds. The van der Waals surface area contributed by atoms with Gasteiger partial charge in [-0.05, 0) is 19.3 Å². The van der Waals surface area contributed by atoms with E-state index in [4.69, 9.17) is 0 Å². The summed E-state index contributed by atoms with van der Waals surface area (Å²) in [5.74, 6) is 0.229. The number of carbonyl (C=O) groups is 1. The molecule has 2 rings (SSSR count). The van der Waals surface area contributed by atoms with Crippen LogP contribution in [0, 0.1) is 0 Å². The van der Waals surface area contributed by atoms with Crippen molar-refractivity contribution in [2.24, 2.45) is 0 Å². The van der Waals surface area contributed by atoms with E-state index in [-0.39, 0.29) is 5.78 Å². The molecule has 1 saturated heterocycles. The van der Waals surface area contributed by atoms with Crippen molar-refractivity contribution in [3.63, 3.8) is 0 Å². The third-order valence-corrected chi connectivity index (χ3v) is 2.74. The van der Waals surface area contributed by atoms with Gasteiger partial charge in [-0.25, -0.2) is 0 Å². The first-order valence-electron chi connectivity index (χ1n) is 3.75. The summed E-state index contributed by atoms with van der Waals surface area (Å²) in [7, 11) is 0. The molecule has 1 N–H and O–H groups in total. The van der Waals surface area contributed by atoms with Gasteiger partial charge in [-0.15, -0.1) is 0 Å². The van der Waals surface area contributed by atoms with Crippen LogP contribution in [-0.2, 0) is 4.79 Å². The van der Waals surface area contributed by atoms with Crippen LogP contribution in [0.25, 0.3) is 0 Å². The van der Waals surface area contributed by atoms with E-state index in [2.05, 4.69) is 0 Å². The highest BCUT2D eigenvalue weighted by Crippen LogP contribution is 2.41. The second-order valence-electron chi connectivity index (χ2n) is 3.18. The van der Waals surface area contributed by atoms with Crippen LogP contribution < -0.4 is 0 Å². The van der Waals surface area contributed by atoms with Crippen molar-refractivity contribution in [1.82, 2.24) is 5.06 Å². The number of hydroxylamine groups is 2. The summed E-state index contributed by atoms with van der Waals surface area (Å²) in [6.07, 6.45) is 3.35. The van der Waals surface area contributed by atoms with E-state index >= 15 is 0 Å². The van der Waals surface area contributed by atoms with Gasteiger partial charge in [-0.3, -0.25) is 4.79 Å².